The Morgan fingerprint density at radius 3 is 2.00 bits per heavy atom. The summed E-state index contributed by atoms with van der Waals surface area (Å²) in [4.78, 5) is 24.5. The zero-order valence-corrected chi connectivity index (χ0v) is 17.9. The molecule has 0 aliphatic carbocycles. The molecule has 1 N–H and O–H groups in total. The summed E-state index contributed by atoms with van der Waals surface area (Å²) in [6, 6.07) is 19.2. The van der Waals surface area contributed by atoms with E-state index in [0.29, 0.717) is 23.0 Å². The van der Waals surface area contributed by atoms with Crippen LogP contribution in [0.5, 0.6) is 28.7 Å². The molecule has 8 nitrogen and oxygen atoms in total. The van der Waals surface area contributed by atoms with Crippen LogP contribution in [-0.2, 0) is 9.53 Å². The zero-order valence-electron chi connectivity index (χ0n) is 17.9. The second-order valence-corrected chi connectivity index (χ2v) is 6.47. The monoisotopic (exact) mass is 437 g/mol. The summed E-state index contributed by atoms with van der Waals surface area (Å²) in [6.45, 7) is -0.270. The molecule has 0 saturated carbocycles. The van der Waals surface area contributed by atoms with Crippen molar-refractivity contribution < 1.29 is 33.3 Å². The Kier molecular flexibility index (Phi) is 7.53. The van der Waals surface area contributed by atoms with Crippen molar-refractivity contribution in [2.75, 3.05) is 33.3 Å². The van der Waals surface area contributed by atoms with Gasteiger partial charge >= 0.3 is 5.97 Å². The van der Waals surface area contributed by atoms with Crippen LogP contribution in [0.25, 0.3) is 0 Å². The molecule has 0 spiro atoms. The third-order valence-electron chi connectivity index (χ3n) is 4.38. The predicted octanol–water partition coefficient (Wildman–Crippen LogP) is 4.30. The lowest BCUT2D eigenvalue weighted by atomic mass is 10.1. The molecule has 0 aliphatic heterocycles. The number of rotatable bonds is 9. The number of benzene rings is 3. The third kappa shape index (κ3) is 5.69. The molecular weight excluding hydrogens is 414 g/mol. The Bertz CT molecular complexity index is 1070. The van der Waals surface area contributed by atoms with E-state index in [1.54, 1.807) is 24.3 Å². The van der Waals surface area contributed by atoms with Crippen molar-refractivity contribution in [2.24, 2.45) is 0 Å². The Morgan fingerprint density at radius 2 is 1.38 bits per heavy atom. The summed E-state index contributed by atoms with van der Waals surface area (Å²) in [5, 5.41) is 2.64. The molecule has 0 aromatic heterocycles. The molecule has 3 aromatic rings. The first-order valence-electron chi connectivity index (χ1n) is 9.64. The highest BCUT2D eigenvalue weighted by Gasteiger charge is 2.19. The number of esters is 1. The molecular formula is C24H23NO7. The summed E-state index contributed by atoms with van der Waals surface area (Å²) in [5.74, 6) is 1.44. The Hall–Kier alpha value is -4.20. The van der Waals surface area contributed by atoms with E-state index >= 15 is 0 Å². The SMILES string of the molecule is COC(=O)c1cc(OC)c(OC)cc1NC(=O)COc1ccc(Oc2ccccc2)cc1. The quantitative estimate of drug-likeness (QED) is 0.499. The molecule has 0 aliphatic rings. The molecule has 166 valence electrons. The molecule has 0 unspecified atom stereocenters. The van der Waals surface area contributed by atoms with Crippen LogP contribution < -0.4 is 24.3 Å². The van der Waals surface area contributed by atoms with Crippen molar-refractivity contribution >= 4 is 17.6 Å². The van der Waals surface area contributed by atoms with Crippen molar-refractivity contribution in [1.29, 1.82) is 0 Å². The number of carbonyl (C=O) groups excluding carboxylic acids is 2. The van der Waals surface area contributed by atoms with E-state index in [1.807, 2.05) is 30.3 Å². The molecule has 0 fully saturated rings. The number of nitrogens with one attached hydrogen (secondary N) is 1. The van der Waals surface area contributed by atoms with Gasteiger partial charge in [0, 0.05) is 12.1 Å². The Labute approximate surface area is 185 Å². The Morgan fingerprint density at radius 1 is 0.781 bits per heavy atom. The van der Waals surface area contributed by atoms with Gasteiger partial charge in [-0.15, -0.1) is 0 Å². The standard InChI is InChI=1S/C24H23NO7/c1-28-21-13-19(24(27)30-3)20(14-22(21)29-2)25-23(26)15-31-16-9-11-18(12-10-16)32-17-7-5-4-6-8-17/h4-14H,15H2,1-3H3,(H,25,26). The van der Waals surface area contributed by atoms with Gasteiger partial charge in [0.15, 0.2) is 18.1 Å². The van der Waals surface area contributed by atoms with Crippen LogP contribution in [0.3, 0.4) is 0 Å². The van der Waals surface area contributed by atoms with E-state index in [-0.39, 0.29) is 17.9 Å². The molecule has 3 aromatic carbocycles. The van der Waals surface area contributed by atoms with Gasteiger partial charge in [0.2, 0.25) is 0 Å². The molecule has 0 saturated heterocycles. The predicted molar refractivity (Wildman–Crippen MR) is 118 cm³/mol. The van der Waals surface area contributed by atoms with Gasteiger partial charge in [-0.1, -0.05) is 18.2 Å². The fraction of sp³-hybridized carbons (Fsp3) is 0.167. The number of amides is 1. The topological polar surface area (TPSA) is 92.3 Å². The van der Waals surface area contributed by atoms with Crippen LogP contribution >= 0.6 is 0 Å². The highest BCUT2D eigenvalue weighted by atomic mass is 16.5. The van der Waals surface area contributed by atoms with E-state index in [0.717, 1.165) is 5.75 Å². The van der Waals surface area contributed by atoms with Gasteiger partial charge in [-0.3, -0.25) is 4.79 Å². The number of hydrogen-bond donors (Lipinski definition) is 1. The molecule has 0 bridgehead atoms. The number of para-hydroxylation sites is 1. The molecule has 8 heteroatoms. The van der Waals surface area contributed by atoms with Crippen LogP contribution in [0.15, 0.2) is 66.7 Å². The maximum atomic E-state index is 12.4. The van der Waals surface area contributed by atoms with E-state index in [9.17, 15) is 9.59 Å². The minimum Gasteiger partial charge on any atom is -0.493 e. The summed E-state index contributed by atoms with van der Waals surface area (Å²) in [6.07, 6.45) is 0. The minimum atomic E-state index is -0.629. The second-order valence-electron chi connectivity index (χ2n) is 6.47. The summed E-state index contributed by atoms with van der Waals surface area (Å²) < 4.78 is 26.5. The average molecular weight is 437 g/mol. The fourth-order valence-electron chi connectivity index (χ4n) is 2.82. The van der Waals surface area contributed by atoms with Crippen LogP contribution in [-0.4, -0.2) is 39.8 Å². The maximum Gasteiger partial charge on any atom is 0.340 e. The summed E-state index contributed by atoms with van der Waals surface area (Å²) >= 11 is 0. The van der Waals surface area contributed by atoms with E-state index < -0.39 is 11.9 Å². The number of methoxy groups -OCH3 is 3. The zero-order chi connectivity index (χ0) is 22.9. The van der Waals surface area contributed by atoms with Crippen LogP contribution in [0.2, 0.25) is 0 Å². The number of ether oxygens (including phenoxy) is 5. The molecule has 0 radical (unpaired) electrons. The highest BCUT2D eigenvalue weighted by Crippen LogP contribution is 2.33. The maximum absolute atomic E-state index is 12.4. The number of hydrogen-bond acceptors (Lipinski definition) is 7. The highest BCUT2D eigenvalue weighted by molar-refractivity contribution is 6.02. The molecule has 0 heterocycles. The first-order chi connectivity index (χ1) is 15.5. The summed E-state index contributed by atoms with van der Waals surface area (Å²) in [7, 11) is 4.15. The van der Waals surface area contributed by atoms with E-state index in [1.165, 1.54) is 33.5 Å². The van der Waals surface area contributed by atoms with E-state index in [2.05, 4.69) is 5.32 Å². The van der Waals surface area contributed by atoms with Gasteiger partial charge < -0.3 is 29.0 Å². The normalized spacial score (nSPS) is 10.1. The summed E-state index contributed by atoms with van der Waals surface area (Å²) in [5.41, 5.74) is 0.343. The lowest BCUT2D eigenvalue weighted by Gasteiger charge is -2.15. The molecule has 32 heavy (non-hydrogen) atoms. The van der Waals surface area contributed by atoms with Gasteiger partial charge in [-0.2, -0.15) is 0 Å². The van der Waals surface area contributed by atoms with Gasteiger partial charge in [0.05, 0.1) is 32.6 Å². The van der Waals surface area contributed by atoms with Crippen LogP contribution in [0.4, 0.5) is 5.69 Å². The van der Waals surface area contributed by atoms with E-state index in [4.69, 9.17) is 23.7 Å². The van der Waals surface area contributed by atoms with Crippen molar-refractivity contribution in [3.8, 4) is 28.7 Å². The molecule has 0 atom stereocenters. The molecule has 1 amide bonds. The number of anilines is 1. The number of carbonyl (C=O) groups is 2. The van der Waals surface area contributed by atoms with Crippen LogP contribution in [0.1, 0.15) is 10.4 Å². The smallest absolute Gasteiger partial charge is 0.340 e. The van der Waals surface area contributed by atoms with Crippen molar-refractivity contribution in [2.45, 2.75) is 0 Å². The average Bonchev–Trinajstić information content (AvgIpc) is 2.83. The fourth-order valence-corrected chi connectivity index (χ4v) is 2.82. The first-order valence-corrected chi connectivity index (χ1v) is 9.64. The lowest BCUT2D eigenvalue weighted by Crippen LogP contribution is -2.22. The van der Waals surface area contributed by atoms with Crippen molar-refractivity contribution in [3.63, 3.8) is 0 Å². The van der Waals surface area contributed by atoms with Gasteiger partial charge in [0.1, 0.15) is 17.2 Å². The van der Waals surface area contributed by atoms with Crippen LogP contribution in [0, 0.1) is 0 Å². The lowest BCUT2D eigenvalue weighted by molar-refractivity contribution is -0.118. The second kappa shape index (κ2) is 10.7. The van der Waals surface area contributed by atoms with Gasteiger partial charge in [-0.25, -0.2) is 4.79 Å². The van der Waals surface area contributed by atoms with Gasteiger partial charge in [0.25, 0.3) is 5.91 Å². The third-order valence-corrected chi connectivity index (χ3v) is 4.38. The molecule has 3 rings (SSSR count). The van der Waals surface area contributed by atoms with Crippen molar-refractivity contribution in [1.82, 2.24) is 0 Å². The van der Waals surface area contributed by atoms with Gasteiger partial charge in [-0.05, 0) is 36.4 Å². The minimum absolute atomic E-state index is 0.126. The largest absolute Gasteiger partial charge is 0.493 e. The first kappa shape index (κ1) is 22.5. The van der Waals surface area contributed by atoms with Crippen molar-refractivity contribution in [3.05, 3.63) is 72.3 Å². The Balaban J connectivity index is 1.63.